The number of benzene rings is 1. The van der Waals surface area contributed by atoms with Gasteiger partial charge in [0.25, 0.3) is 0 Å². The van der Waals surface area contributed by atoms with Crippen molar-refractivity contribution in [3.05, 3.63) is 42.2 Å². The van der Waals surface area contributed by atoms with Gasteiger partial charge in [0.1, 0.15) is 5.82 Å². The second-order valence-corrected chi connectivity index (χ2v) is 4.19. The smallest absolute Gasteiger partial charge is 0.234 e. The molecule has 5 heteroatoms. The summed E-state index contributed by atoms with van der Waals surface area (Å²) < 4.78 is 5.43. The van der Waals surface area contributed by atoms with Crippen LogP contribution in [0.5, 0.6) is 5.88 Å². The summed E-state index contributed by atoms with van der Waals surface area (Å²) in [5, 5.41) is 3.20. The van der Waals surface area contributed by atoms with Crippen molar-refractivity contribution in [1.29, 1.82) is 0 Å². The van der Waals surface area contributed by atoms with Crippen molar-refractivity contribution in [3.63, 3.8) is 0 Å². The molecule has 1 aromatic carbocycles. The van der Waals surface area contributed by atoms with Crippen molar-refractivity contribution in [2.24, 2.45) is 0 Å². The maximum absolute atomic E-state index is 5.64. The molecule has 0 bridgehead atoms. The lowest BCUT2D eigenvalue weighted by Crippen LogP contribution is -2.04. The third kappa shape index (κ3) is 4.13. The van der Waals surface area contributed by atoms with Crippen LogP contribution in [0.15, 0.2) is 36.7 Å². The van der Waals surface area contributed by atoms with E-state index in [2.05, 4.69) is 22.2 Å². The van der Waals surface area contributed by atoms with Crippen LogP contribution in [0.3, 0.4) is 0 Å². The Morgan fingerprint density at radius 1 is 1.21 bits per heavy atom. The molecule has 2 aromatic rings. The van der Waals surface area contributed by atoms with E-state index < -0.39 is 0 Å². The lowest BCUT2D eigenvalue weighted by Gasteiger charge is -2.08. The molecule has 100 valence electrons. The van der Waals surface area contributed by atoms with Gasteiger partial charge in [-0.25, -0.2) is 0 Å². The van der Waals surface area contributed by atoms with E-state index in [0.717, 1.165) is 17.7 Å². The second-order valence-electron chi connectivity index (χ2n) is 4.19. The van der Waals surface area contributed by atoms with Gasteiger partial charge in [0.2, 0.25) is 5.88 Å². The van der Waals surface area contributed by atoms with Crippen LogP contribution in [-0.2, 0) is 6.54 Å². The summed E-state index contributed by atoms with van der Waals surface area (Å²) in [5.74, 6) is 1.24. The fourth-order valence-corrected chi connectivity index (χ4v) is 1.54. The van der Waals surface area contributed by atoms with Crippen LogP contribution in [0.4, 0.5) is 11.5 Å². The Kier molecular flexibility index (Phi) is 4.55. The highest BCUT2D eigenvalue weighted by atomic mass is 16.5. The number of hydrogen-bond donors (Lipinski definition) is 2. The average molecular weight is 258 g/mol. The minimum absolute atomic E-state index is 0.546. The van der Waals surface area contributed by atoms with E-state index in [0.29, 0.717) is 24.8 Å². The molecule has 0 saturated carbocycles. The fourth-order valence-electron chi connectivity index (χ4n) is 1.54. The molecule has 0 fully saturated rings. The number of nitrogen functional groups attached to an aromatic ring is 1. The van der Waals surface area contributed by atoms with E-state index in [4.69, 9.17) is 10.5 Å². The Morgan fingerprint density at radius 3 is 2.74 bits per heavy atom. The standard InChI is InChI=1S/C14H18N4O/c1-2-7-19-14-10-16-9-13(18-14)17-8-11-3-5-12(15)6-4-11/h3-6,9-10H,2,7-8,15H2,1H3,(H,17,18). The summed E-state index contributed by atoms with van der Waals surface area (Å²) in [6, 6.07) is 7.72. The molecule has 2 rings (SSSR count). The van der Waals surface area contributed by atoms with Crippen LogP contribution in [0.2, 0.25) is 0 Å². The molecule has 0 radical (unpaired) electrons. The Bertz CT molecular complexity index is 513. The molecule has 5 nitrogen and oxygen atoms in total. The number of aromatic nitrogens is 2. The van der Waals surface area contributed by atoms with Crippen molar-refractivity contribution >= 4 is 11.5 Å². The lowest BCUT2D eigenvalue weighted by molar-refractivity contribution is 0.304. The minimum atomic E-state index is 0.546. The van der Waals surface area contributed by atoms with Crippen LogP contribution in [0.1, 0.15) is 18.9 Å². The molecule has 0 spiro atoms. The monoisotopic (exact) mass is 258 g/mol. The van der Waals surface area contributed by atoms with Gasteiger partial charge in [-0.2, -0.15) is 4.98 Å². The highest BCUT2D eigenvalue weighted by molar-refractivity contribution is 5.41. The first-order chi connectivity index (χ1) is 9.28. The molecule has 1 aromatic heterocycles. The van der Waals surface area contributed by atoms with Gasteiger partial charge in [-0.15, -0.1) is 0 Å². The normalized spacial score (nSPS) is 10.2. The predicted molar refractivity (Wildman–Crippen MR) is 76.0 cm³/mol. The molecular formula is C14H18N4O. The number of ether oxygens (including phenoxy) is 1. The molecule has 0 aliphatic heterocycles. The Balaban J connectivity index is 1.93. The van der Waals surface area contributed by atoms with Crippen LogP contribution < -0.4 is 15.8 Å². The summed E-state index contributed by atoms with van der Waals surface area (Å²) in [6.45, 7) is 3.37. The third-order valence-electron chi connectivity index (χ3n) is 2.52. The highest BCUT2D eigenvalue weighted by Crippen LogP contribution is 2.11. The van der Waals surface area contributed by atoms with E-state index >= 15 is 0 Å². The topological polar surface area (TPSA) is 73.1 Å². The highest BCUT2D eigenvalue weighted by Gasteiger charge is 1.99. The van der Waals surface area contributed by atoms with Crippen molar-refractivity contribution in [3.8, 4) is 5.88 Å². The largest absolute Gasteiger partial charge is 0.477 e. The van der Waals surface area contributed by atoms with Gasteiger partial charge < -0.3 is 15.8 Å². The van der Waals surface area contributed by atoms with E-state index in [-0.39, 0.29) is 0 Å². The Labute approximate surface area is 112 Å². The van der Waals surface area contributed by atoms with Gasteiger partial charge in [-0.1, -0.05) is 19.1 Å². The maximum Gasteiger partial charge on any atom is 0.234 e. The van der Waals surface area contributed by atoms with E-state index in [1.807, 2.05) is 24.3 Å². The van der Waals surface area contributed by atoms with Crippen LogP contribution in [0, 0.1) is 0 Å². The van der Waals surface area contributed by atoms with Crippen LogP contribution in [-0.4, -0.2) is 16.6 Å². The average Bonchev–Trinajstić information content (AvgIpc) is 2.45. The first-order valence-corrected chi connectivity index (χ1v) is 6.31. The van der Waals surface area contributed by atoms with E-state index in [1.165, 1.54) is 0 Å². The third-order valence-corrected chi connectivity index (χ3v) is 2.52. The summed E-state index contributed by atoms with van der Waals surface area (Å²) in [5.41, 5.74) is 7.54. The molecular weight excluding hydrogens is 240 g/mol. The van der Waals surface area contributed by atoms with E-state index in [1.54, 1.807) is 12.4 Å². The SMILES string of the molecule is CCCOc1cncc(NCc2ccc(N)cc2)n1. The predicted octanol–water partition coefficient (Wildman–Crippen LogP) is 2.46. The quantitative estimate of drug-likeness (QED) is 0.779. The molecule has 0 amide bonds. The van der Waals surface area contributed by atoms with Crippen molar-refractivity contribution in [2.75, 3.05) is 17.7 Å². The van der Waals surface area contributed by atoms with Crippen molar-refractivity contribution in [2.45, 2.75) is 19.9 Å². The number of nitrogens with zero attached hydrogens (tertiary/aromatic N) is 2. The molecule has 0 aliphatic rings. The number of rotatable bonds is 6. The van der Waals surface area contributed by atoms with Crippen LogP contribution >= 0.6 is 0 Å². The maximum atomic E-state index is 5.64. The van der Waals surface area contributed by atoms with Gasteiger partial charge in [-0.3, -0.25) is 4.98 Å². The molecule has 0 unspecified atom stereocenters. The molecule has 19 heavy (non-hydrogen) atoms. The summed E-state index contributed by atoms with van der Waals surface area (Å²) in [7, 11) is 0. The zero-order valence-electron chi connectivity index (χ0n) is 11.0. The van der Waals surface area contributed by atoms with Crippen molar-refractivity contribution in [1.82, 2.24) is 9.97 Å². The van der Waals surface area contributed by atoms with Gasteiger partial charge in [0.05, 0.1) is 19.0 Å². The van der Waals surface area contributed by atoms with Gasteiger partial charge >= 0.3 is 0 Å². The van der Waals surface area contributed by atoms with Gasteiger partial charge in [-0.05, 0) is 24.1 Å². The Morgan fingerprint density at radius 2 is 2.00 bits per heavy atom. The molecule has 0 saturated heterocycles. The van der Waals surface area contributed by atoms with Gasteiger partial charge in [0, 0.05) is 12.2 Å². The molecule has 1 heterocycles. The van der Waals surface area contributed by atoms with Crippen LogP contribution in [0.25, 0.3) is 0 Å². The first-order valence-electron chi connectivity index (χ1n) is 6.31. The van der Waals surface area contributed by atoms with Crippen molar-refractivity contribution < 1.29 is 4.74 Å². The Hall–Kier alpha value is -2.30. The molecule has 0 atom stereocenters. The van der Waals surface area contributed by atoms with E-state index in [9.17, 15) is 0 Å². The molecule has 3 N–H and O–H groups in total. The fraction of sp³-hybridized carbons (Fsp3) is 0.286. The van der Waals surface area contributed by atoms with Gasteiger partial charge in [0.15, 0.2) is 0 Å². The minimum Gasteiger partial charge on any atom is -0.477 e. The first kappa shape index (κ1) is 13.1. The summed E-state index contributed by atoms with van der Waals surface area (Å²) in [6.07, 6.45) is 4.24. The number of anilines is 2. The molecule has 0 aliphatic carbocycles. The second kappa shape index (κ2) is 6.58. The number of nitrogens with one attached hydrogen (secondary N) is 1. The zero-order chi connectivity index (χ0) is 13.5. The number of hydrogen-bond acceptors (Lipinski definition) is 5. The lowest BCUT2D eigenvalue weighted by atomic mass is 10.2. The summed E-state index contributed by atoms with van der Waals surface area (Å²) in [4.78, 5) is 8.42. The number of nitrogens with two attached hydrogens (primary N) is 1. The zero-order valence-corrected chi connectivity index (χ0v) is 11.0. The summed E-state index contributed by atoms with van der Waals surface area (Å²) >= 11 is 0.